The van der Waals surface area contributed by atoms with Gasteiger partial charge < -0.3 is 10.2 Å². The zero-order valence-corrected chi connectivity index (χ0v) is 9.30. The Labute approximate surface area is 99.3 Å². The first kappa shape index (κ1) is 11.7. The Bertz CT molecular complexity index is 519. The minimum Gasteiger partial charge on any atom is -0.484 e. The van der Waals surface area contributed by atoms with Crippen LogP contribution in [0.4, 0.5) is 13.8 Å². The minimum absolute atomic E-state index is 0.00140. The van der Waals surface area contributed by atoms with E-state index in [0.717, 1.165) is 23.7 Å². The van der Waals surface area contributed by atoms with E-state index in [-0.39, 0.29) is 12.4 Å². The molecule has 1 aromatic heterocycles. The quantitative estimate of drug-likeness (QED) is 0.644. The summed E-state index contributed by atoms with van der Waals surface area (Å²) in [5.74, 6) is 3.74. The smallest absolute Gasteiger partial charge is 0.167 e. The van der Waals surface area contributed by atoms with Crippen LogP contribution >= 0.6 is 11.5 Å². The van der Waals surface area contributed by atoms with Crippen molar-refractivity contribution in [3.63, 3.8) is 0 Å². The molecule has 1 heterocycles. The van der Waals surface area contributed by atoms with Crippen LogP contribution in [-0.2, 0) is 6.61 Å². The molecule has 0 aliphatic carbocycles. The van der Waals surface area contributed by atoms with Gasteiger partial charge in [-0.2, -0.15) is 0 Å². The molecule has 5 nitrogen and oxygen atoms in total. The number of nitrogens with two attached hydrogens (primary N) is 1. The van der Waals surface area contributed by atoms with Crippen LogP contribution in [-0.4, -0.2) is 9.59 Å². The van der Waals surface area contributed by atoms with E-state index in [0.29, 0.717) is 10.7 Å². The van der Waals surface area contributed by atoms with Crippen LogP contribution in [0.2, 0.25) is 0 Å². The first-order valence-corrected chi connectivity index (χ1v) is 5.33. The topological polar surface area (TPSA) is 73.1 Å². The lowest BCUT2D eigenvalue weighted by atomic mass is 10.3. The molecule has 0 aliphatic heterocycles. The lowest BCUT2D eigenvalue weighted by Crippen LogP contribution is -2.08. The van der Waals surface area contributed by atoms with Gasteiger partial charge in [0, 0.05) is 17.6 Å². The highest BCUT2D eigenvalue weighted by Gasteiger charge is 2.10. The van der Waals surface area contributed by atoms with Crippen LogP contribution in [0, 0.1) is 11.6 Å². The molecule has 0 amide bonds. The molecule has 0 saturated heterocycles. The average molecular weight is 258 g/mol. The molecule has 0 radical (unpaired) electrons. The van der Waals surface area contributed by atoms with Gasteiger partial charge in [-0.15, -0.1) is 5.10 Å². The fraction of sp³-hybridized carbons (Fsp3) is 0.111. The molecule has 0 spiro atoms. The van der Waals surface area contributed by atoms with E-state index in [2.05, 4.69) is 15.0 Å². The maximum absolute atomic E-state index is 13.2. The third kappa shape index (κ3) is 2.66. The molecule has 2 aromatic rings. The number of nitrogen functional groups attached to an aromatic ring is 1. The van der Waals surface area contributed by atoms with Gasteiger partial charge in [-0.25, -0.2) is 14.6 Å². The fourth-order valence-corrected chi connectivity index (χ4v) is 1.63. The number of hydrogen-bond donors (Lipinski definition) is 2. The first-order valence-electron chi connectivity index (χ1n) is 4.56. The van der Waals surface area contributed by atoms with Gasteiger partial charge in [-0.3, -0.25) is 0 Å². The normalized spacial score (nSPS) is 10.3. The average Bonchev–Trinajstić information content (AvgIpc) is 2.75. The highest BCUT2D eigenvalue weighted by atomic mass is 32.1. The van der Waals surface area contributed by atoms with Crippen molar-refractivity contribution in [2.75, 3.05) is 5.43 Å². The maximum atomic E-state index is 13.2. The minimum atomic E-state index is -0.768. The summed E-state index contributed by atoms with van der Waals surface area (Å²) in [6.07, 6.45) is 0. The number of nitrogens with zero attached hydrogens (tertiary/aromatic N) is 2. The summed E-state index contributed by atoms with van der Waals surface area (Å²) in [4.78, 5) is 0. The van der Waals surface area contributed by atoms with Crippen molar-refractivity contribution in [1.29, 1.82) is 0 Å². The first-order chi connectivity index (χ1) is 8.20. The van der Waals surface area contributed by atoms with Crippen molar-refractivity contribution in [3.05, 3.63) is 35.5 Å². The number of hydrazine groups is 1. The van der Waals surface area contributed by atoms with Crippen molar-refractivity contribution in [2.45, 2.75) is 6.61 Å². The van der Waals surface area contributed by atoms with Gasteiger partial charge in [0.1, 0.15) is 18.1 Å². The molecule has 2 rings (SSSR count). The molecule has 90 valence electrons. The van der Waals surface area contributed by atoms with Crippen LogP contribution < -0.4 is 16.0 Å². The van der Waals surface area contributed by atoms with Gasteiger partial charge in [0.25, 0.3) is 0 Å². The van der Waals surface area contributed by atoms with Crippen LogP contribution in [0.15, 0.2) is 18.2 Å². The van der Waals surface area contributed by atoms with E-state index in [1.54, 1.807) is 0 Å². The van der Waals surface area contributed by atoms with Gasteiger partial charge in [0.15, 0.2) is 16.6 Å². The maximum Gasteiger partial charge on any atom is 0.167 e. The van der Waals surface area contributed by atoms with Crippen molar-refractivity contribution in [3.8, 4) is 5.75 Å². The molecule has 0 unspecified atom stereocenters. The molecule has 0 fully saturated rings. The number of benzene rings is 1. The summed E-state index contributed by atoms with van der Waals surface area (Å²) >= 11 is 1.06. The number of halogens is 2. The van der Waals surface area contributed by atoms with Gasteiger partial charge in [0.2, 0.25) is 0 Å². The Kier molecular flexibility index (Phi) is 3.45. The summed E-state index contributed by atoms with van der Waals surface area (Å²) in [5.41, 5.74) is 2.85. The molecular weight excluding hydrogens is 250 g/mol. The van der Waals surface area contributed by atoms with E-state index in [1.807, 2.05) is 0 Å². The number of hydrogen-bond acceptors (Lipinski definition) is 6. The standard InChI is InChI=1S/C9H8F2N4OS/c10-5-1-2-8(6(11)3-5)16-4-7-9(13-12)17-15-14-7/h1-3,13H,4,12H2. The third-order valence-electron chi connectivity index (χ3n) is 1.95. The molecular formula is C9H8F2N4OS. The zero-order chi connectivity index (χ0) is 12.3. The molecule has 0 bridgehead atoms. The highest BCUT2D eigenvalue weighted by Crippen LogP contribution is 2.21. The Morgan fingerprint density at radius 2 is 2.24 bits per heavy atom. The Hall–Kier alpha value is -1.80. The van der Waals surface area contributed by atoms with E-state index < -0.39 is 11.6 Å². The molecule has 0 aliphatic rings. The van der Waals surface area contributed by atoms with Crippen LogP contribution in [0.5, 0.6) is 5.75 Å². The fourth-order valence-electron chi connectivity index (χ4n) is 1.15. The lowest BCUT2D eigenvalue weighted by molar-refractivity contribution is 0.285. The van der Waals surface area contributed by atoms with Crippen LogP contribution in [0.25, 0.3) is 0 Å². The number of nitrogens with one attached hydrogen (secondary N) is 1. The van der Waals surface area contributed by atoms with Gasteiger partial charge in [-0.05, 0) is 12.1 Å². The number of anilines is 1. The molecule has 17 heavy (non-hydrogen) atoms. The molecule has 1 aromatic carbocycles. The lowest BCUT2D eigenvalue weighted by Gasteiger charge is -2.06. The SMILES string of the molecule is NNc1snnc1COc1ccc(F)cc1F. The summed E-state index contributed by atoms with van der Waals surface area (Å²) in [6.45, 7) is -0.00140. The van der Waals surface area contributed by atoms with E-state index in [9.17, 15) is 8.78 Å². The Morgan fingerprint density at radius 3 is 2.94 bits per heavy atom. The second kappa shape index (κ2) is 5.02. The summed E-state index contributed by atoms with van der Waals surface area (Å²) in [6, 6.07) is 3.07. The zero-order valence-electron chi connectivity index (χ0n) is 8.48. The second-order valence-corrected chi connectivity index (χ2v) is 3.81. The molecule has 3 N–H and O–H groups in total. The number of rotatable bonds is 4. The Balaban J connectivity index is 2.07. The van der Waals surface area contributed by atoms with Gasteiger partial charge >= 0.3 is 0 Å². The van der Waals surface area contributed by atoms with Crippen molar-refractivity contribution in [1.82, 2.24) is 9.59 Å². The monoisotopic (exact) mass is 258 g/mol. The van der Waals surface area contributed by atoms with Crippen LogP contribution in [0.3, 0.4) is 0 Å². The molecule has 0 saturated carbocycles. The number of aromatic nitrogens is 2. The van der Waals surface area contributed by atoms with E-state index >= 15 is 0 Å². The predicted molar refractivity (Wildman–Crippen MR) is 58.4 cm³/mol. The summed E-state index contributed by atoms with van der Waals surface area (Å²) < 4.78 is 34.7. The van der Waals surface area contributed by atoms with Crippen molar-refractivity contribution >= 4 is 16.5 Å². The largest absolute Gasteiger partial charge is 0.484 e. The van der Waals surface area contributed by atoms with Crippen LogP contribution in [0.1, 0.15) is 5.69 Å². The molecule has 8 heteroatoms. The summed E-state index contributed by atoms with van der Waals surface area (Å²) in [5, 5.41) is 4.29. The predicted octanol–water partition coefficient (Wildman–Crippen LogP) is 1.68. The Morgan fingerprint density at radius 1 is 1.41 bits per heavy atom. The van der Waals surface area contributed by atoms with Crippen molar-refractivity contribution in [2.24, 2.45) is 5.84 Å². The van der Waals surface area contributed by atoms with E-state index in [1.165, 1.54) is 6.07 Å². The summed E-state index contributed by atoms with van der Waals surface area (Å²) in [7, 11) is 0. The van der Waals surface area contributed by atoms with Crippen molar-refractivity contribution < 1.29 is 13.5 Å². The highest BCUT2D eigenvalue weighted by molar-refractivity contribution is 7.10. The second-order valence-electron chi connectivity index (χ2n) is 3.06. The van der Waals surface area contributed by atoms with Gasteiger partial charge in [0.05, 0.1) is 0 Å². The van der Waals surface area contributed by atoms with Gasteiger partial charge in [-0.1, -0.05) is 4.49 Å². The molecule has 0 atom stereocenters. The van der Waals surface area contributed by atoms with E-state index in [4.69, 9.17) is 10.6 Å². The number of ether oxygens (including phenoxy) is 1. The third-order valence-corrected chi connectivity index (χ3v) is 2.64.